The summed E-state index contributed by atoms with van der Waals surface area (Å²) in [4.78, 5) is 6.87. The Hall–Kier alpha value is -0.870. The second kappa shape index (κ2) is 4.18. The van der Waals surface area contributed by atoms with E-state index in [-0.39, 0.29) is 0 Å². The summed E-state index contributed by atoms with van der Waals surface area (Å²) in [5.41, 5.74) is 6.95. The standard InChI is InChI=1S/C12H20N4/c13-4-1-11-7-14-9-16(11)12-8-15-5-2-10(12)3-6-15/h7,9-10,12H,1-6,8,13H2. The Bertz CT molecular complexity index is 352. The molecule has 0 aliphatic carbocycles. The predicted octanol–water partition coefficient (Wildman–Crippen LogP) is 0.651. The summed E-state index contributed by atoms with van der Waals surface area (Å²) >= 11 is 0. The van der Waals surface area contributed by atoms with Gasteiger partial charge in [-0.25, -0.2) is 4.98 Å². The van der Waals surface area contributed by atoms with Crippen molar-refractivity contribution in [3.05, 3.63) is 18.2 Å². The second-order valence-electron chi connectivity index (χ2n) is 5.04. The maximum atomic E-state index is 5.64. The van der Waals surface area contributed by atoms with Gasteiger partial charge >= 0.3 is 0 Å². The third-order valence-electron chi connectivity index (χ3n) is 4.13. The molecule has 4 rings (SSSR count). The molecular weight excluding hydrogens is 200 g/mol. The maximum absolute atomic E-state index is 5.64. The summed E-state index contributed by atoms with van der Waals surface area (Å²) in [6.45, 7) is 4.51. The van der Waals surface area contributed by atoms with Crippen LogP contribution in [0.2, 0.25) is 0 Å². The van der Waals surface area contributed by atoms with Crippen molar-refractivity contribution in [2.24, 2.45) is 11.7 Å². The van der Waals surface area contributed by atoms with Gasteiger partial charge in [-0.15, -0.1) is 0 Å². The molecule has 88 valence electrons. The van der Waals surface area contributed by atoms with E-state index in [1.165, 1.54) is 38.2 Å². The molecule has 4 nitrogen and oxygen atoms in total. The smallest absolute Gasteiger partial charge is 0.0951 e. The highest BCUT2D eigenvalue weighted by Gasteiger charge is 2.35. The fourth-order valence-corrected chi connectivity index (χ4v) is 3.22. The van der Waals surface area contributed by atoms with Gasteiger partial charge in [0, 0.05) is 24.9 Å². The van der Waals surface area contributed by atoms with Crippen LogP contribution in [0, 0.1) is 5.92 Å². The monoisotopic (exact) mass is 220 g/mol. The van der Waals surface area contributed by atoms with Crippen LogP contribution in [0.4, 0.5) is 0 Å². The van der Waals surface area contributed by atoms with Crippen LogP contribution in [0.1, 0.15) is 24.6 Å². The lowest BCUT2D eigenvalue weighted by atomic mass is 9.84. The molecule has 16 heavy (non-hydrogen) atoms. The minimum atomic E-state index is 0.645. The highest BCUT2D eigenvalue weighted by Crippen LogP contribution is 2.36. The molecule has 3 aliphatic rings. The van der Waals surface area contributed by atoms with Gasteiger partial charge in [0.05, 0.1) is 12.4 Å². The topological polar surface area (TPSA) is 47.1 Å². The fraction of sp³-hybridized carbons (Fsp3) is 0.750. The SMILES string of the molecule is NCCc1cncn1C1CN2CCC1CC2. The van der Waals surface area contributed by atoms with Gasteiger partial charge in [0.1, 0.15) is 0 Å². The molecule has 0 spiro atoms. The van der Waals surface area contributed by atoms with Crippen molar-refractivity contribution >= 4 is 0 Å². The molecule has 2 N–H and O–H groups in total. The predicted molar refractivity (Wildman–Crippen MR) is 63.2 cm³/mol. The normalized spacial score (nSPS) is 33.2. The van der Waals surface area contributed by atoms with Crippen molar-refractivity contribution in [3.8, 4) is 0 Å². The van der Waals surface area contributed by atoms with Crippen molar-refractivity contribution in [3.63, 3.8) is 0 Å². The number of hydrogen-bond donors (Lipinski definition) is 1. The first-order chi connectivity index (χ1) is 7.88. The van der Waals surface area contributed by atoms with E-state index in [0.717, 1.165) is 12.3 Å². The number of hydrogen-bond acceptors (Lipinski definition) is 3. The Morgan fingerprint density at radius 2 is 2.19 bits per heavy atom. The molecule has 2 bridgehead atoms. The van der Waals surface area contributed by atoms with E-state index in [2.05, 4.69) is 14.5 Å². The van der Waals surface area contributed by atoms with Gasteiger partial charge in [-0.3, -0.25) is 0 Å². The van der Waals surface area contributed by atoms with Crippen molar-refractivity contribution in [2.75, 3.05) is 26.2 Å². The molecule has 4 heterocycles. The third kappa shape index (κ3) is 1.66. The molecule has 3 aliphatic heterocycles. The molecule has 1 atom stereocenters. The Morgan fingerprint density at radius 3 is 2.81 bits per heavy atom. The van der Waals surface area contributed by atoms with Gasteiger partial charge in [-0.1, -0.05) is 0 Å². The van der Waals surface area contributed by atoms with Crippen molar-refractivity contribution in [1.29, 1.82) is 0 Å². The van der Waals surface area contributed by atoms with Crippen LogP contribution in [0.15, 0.2) is 12.5 Å². The number of piperidine rings is 3. The molecule has 0 amide bonds. The number of imidazole rings is 1. The minimum absolute atomic E-state index is 0.645. The van der Waals surface area contributed by atoms with E-state index < -0.39 is 0 Å². The molecule has 0 radical (unpaired) electrons. The third-order valence-corrected chi connectivity index (χ3v) is 4.13. The Labute approximate surface area is 96.4 Å². The van der Waals surface area contributed by atoms with Gasteiger partial charge in [0.15, 0.2) is 0 Å². The quantitative estimate of drug-likeness (QED) is 0.813. The number of fused-ring (bicyclic) bond motifs is 3. The first kappa shape index (κ1) is 10.3. The van der Waals surface area contributed by atoms with E-state index in [0.29, 0.717) is 12.6 Å². The van der Waals surface area contributed by atoms with Crippen molar-refractivity contribution in [2.45, 2.75) is 25.3 Å². The maximum Gasteiger partial charge on any atom is 0.0951 e. The van der Waals surface area contributed by atoms with Crippen LogP contribution in [0.3, 0.4) is 0 Å². The van der Waals surface area contributed by atoms with Crippen LogP contribution in [-0.4, -0.2) is 40.6 Å². The largest absolute Gasteiger partial charge is 0.330 e. The van der Waals surface area contributed by atoms with Gasteiger partial charge in [0.2, 0.25) is 0 Å². The molecule has 3 fully saturated rings. The van der Waals surface area contributed by atoms with Crippen LogP contribution >= 0.6 is 0 Å². The van der Waals surface area contributed by atoms with E-state index >= 15 is 0 Å². The van der Waals surface area contributed by atoms with E-state index in [1.807, 2.05) is 12.5 Å². The highest BCUT2D eigenvalue weighted by atomic mass is 15.2. The fourth-order valence-electron chi connectivity index (χ4n) is 3.22. The molecule has 0 aromatic carbocycles. The number of nitrogens with two attached hydrogens (primary N) is 1. The van der Waals surface area contributed by atoms with Gasteiger partial charge < -0.3 is 15.2 Å². The summed E-state index contributed by atoms with van der Waals surface area (Å²) in [5, 5.41) is 0. The molecule has 0 saturated carbocycles. The Kier molecular flexibility index (Phi) is 2.69. The zero-order valence-electron chi connectivity index (χ0n) is 9.68. The zero-order valence-corrected chi connectivity index (χ0v) is 9.68. The molecular formula is C12H20N4. The second-order valence-corrected chi connectivity index (χ2v) is 5.04. The summed E-state index contributed by atoms with van der Waals surface area (Å²) in [6, 6.07) is 0.645. The first-order valence-electron chi connectivity index (χ1n) is 6.31. The molecule has 1 unspecified atom stereocenters. The average molecular weight is 220 g/mol. The summed E-state index contributed by atoms with van der Waals surface area (Å²) < 4.78 is 2.38. The first-order valence-corrected chi connectivity index (χ1v) is 6.31. The van der Waals surface area contributed by atoms with E-state index in [1.54, 1.807) is 0 Å². The van der Waals surface area contributed by atoms with E-state index in [4.69, 9.17) is 5.73 Å². The van der Waals surface area contributed by atoms with Crippen molar-refractivity contribution < 1.29 is 0 Å². The lowest BCUT2D eigenvalue weighted by molar-refractivity contribution is 0.0558. The minimum Gasteiger partial charge on any atom is -0.330 e. The number of aromatic nitrogens is 2. The number of nitrogens with zero attached hydrogens (tertiary/aromatic N) is 3. The van der Waals surface area contributed by atoms with E-state index in [9.17, 15) is 0 Å². The van der Waals surface area contributed by atoms with Crippen LogP contribution in [0.5, 0.6) is 0 Å². The van der Waals surface area contributed by atoms with Crippen LogP contribution < -0.4 is 5.73 Å². The van der Waals surface area contributed by atoms with Gasteiger partial charge in [-0.05, 0) is 38.4 Å². The lowest BCUT2D eigenvalue weighted by Crippen LogP contribution is -2.48. The Morgan fingerprint density at radius 1 is 1.38 bits per heavy atom. The molecule has 1 aromatic heterocycles. The van der Waals surface area contributed by atoms with Crippen LogP contribution in [-0.2, 0) is 6.42 Å². The molecule has 1 aromatic rings. The summed E-state index contributed by atoms with van der Waals surface area (Å²) in [7, 11) is 0. The molecule has 3 saturated heterocycles. The zero-order chi connectivity index (χ0) is 11.0. The summed E-state index contributed by atoms with van der Waals surface area (Å²) in [6.07, 6.45) is 7.63. The van der Waals surface area contributed by atoms with Gasteiger partial charge in [0.25, 0.3) is 0 Å². The Balaban J connectivity index is 1.83. The number of rotatable bonds is 3. The summed E-state index contributed by atoms with van der Waals surface area (Å²) in [5.74, 6) is 0.857. The van der Waals surface area contributed by atoms with Gasteiger partial charge in [-0.2, -0.15) is 0 Å². The molecule has 4 heteroatoms. The van der Waals surface area contributed by atoms with Crippen LogP contribution in [0.25, 0.3) is 0 Å². The van der Waals surface area contributed by atoms with Crippen molar-refractivity contribution in [1.82, 2.24) is 14.5 Å². The highest BCUT2D eigenvalue weighted by molar-refractivity contribution is 5.04. The lowest BCUT2D eigenvalue weighted by Gasteiger charge is -2.45. The average Bonchev–Trinajstić information content (AvgIpc) is 2.79.